The minimum absolute atomic E-state index is 0.293. The largest absolute Gasteiger partial charge is 0.496 e. The highest BCUT2D eigenvalue weighted by atomic mass is 16.5. The lowest BCUT2D eigenvalue weighted by molar-refractivity contribution is -0.136. The normalized spacial score (nSPS) is 8.82. The second kappa shape index (κ2) is 6.33. The molecule has 0 saturated carbocycles. The second-order valence-corrected chi connectivity index (χ2v) is 3.05. The minimum atomic E-state index is -0.578. The van der Waals surface area contributed by atoms with Crippen LogP contribution in [0.15, 0.2) is 18.2 Å². The third-order valence-electron chi connectivity index (χ3n) is 1.94. The quantitative estimate of drug-likeness (QED) is 0.449. The van der Waals surface area contributed by atoms with Gasteiger partial charge in [-0.3, -0.25) is 4.79 Å². The Labute approximate surface area is 99.5 Å². The molecule has 0 amide bonds. The number of hydrogen-bond donors (Lipinski definition) is 0. The van der Waals surface area contributed by atoms with Gasteiger partial charge in [-0.15, -0.1) is 0 Å². The monoisotopic (exact) mass is 232 g/mol. The number of aldehydes is 1. The highest BCUT2D eigenvalue weighted by molar-refractivity contribution is 5.89. The van der Waals surface area contributed by atoms with Crippen LogP contribution in [0.1, 0.15) is 22.8 Å². The highest BCUT2D eigenvalue weighted by Gasteiger charge is 2.02. The summed E-state index contributed by atoms with van der Waals surface area (Å²) in [7, 11) is 1.46. The molecule has 1 aromatic rings. The number of hydrogen-bond acceptors (Lipinski definition) is 4. The molecule has 0 fully saturated rings. The Balaban J connectivity index is 2.93. The van der Waals surface area contributed by atoms with Crippen LogP contribution in [0.4, 0.5) is 0 Å². The first-order valence-corrected chi connectivity index (χ1v) is 5.03. The topological polar surface area (TPSA) is 52.6 Å². The summed E-state index contributed by atoms with van der Waals surface area (Å²) >= 11 is 0. The predicted molar refractivity (Wildman–Crippen MR) is 61.9 cm³/mol. The Morgan fingerprint density at radius 3 is 2.82 bits per heavy atom. The molecular formula is C13H12O4. The zero-order valence-corrected chi connectivity index (χ0v) is 9.65. The van der Waals surface area contributed by atoms with Gasteiger partial charge in [0.25, 0.3) is 0 Å². The van der Waals surface area contributed by atoms with Crippen LogP contribution in [0, 0.1) is 11.8 Å². The van der Waals surface area contributed by atoms with E-state index in [-0.39, 0.29) is 0 Å². The molecule has 0 atom stereocenters. The summed E-state index contributed by atoms with van der Waals surface area (Å²) in [5.74, 6) is 4.82. The van der Waals surface area contributed by atoms with E-state index in [1.807, 2.05) is 0 Å². The van der Waals surface area contributed by atoms with Crippen molar-refractivity contribution in [1.82, 2.24) is 0 Å². The number of methoxy groups -OCH3 is 1. The maximum Gasteiger partial charge on any atom is 0.384 e. The van der Waals surface area contributed by atoms with Crippen molar-refractivity contribution >= 4 is 12.3 Å². The van der Waals surface area contributed by atoms with Gasteiger partial charge in [-0.1, -0.05) is 5.92 Å². The van der Waals surface area contributed by atoms with Gasteiger partial charge in [-0.2, -0.15) is 0 Å². The minimum Gasteiger partial charge on any atom is -0.496 e. The molecule has 0 N–H and O–H groups in total. The number of rotatable bonds is 3. The fourth-order valence-electron chi connectivity index (χ4n) is 1.18. The third-order valence-corrected chi connectivity index (χ3v) is 1.94. The summed E-state index contributed by atoms with van der Waals surface area (Å²) in [5.41, 5.74) is 1.02. The first-order valence-electron chi connectivity index (χ1n) is 5.03. The van der Waals surface area contributed by atoms with Gasteiger partial charge in [0, 0.05) is 11.5 Å². The SMILES string of the molecule is CCOC(=O)C#Cc1ccc(C=O)c(OC)c1. The molecule has 4 nitrogen and oxygen atoms in total. The number of ether oxygens (including phenoxy) is 2. The molecule has 17 heavy (non-hydrogen) atoms. The maximum absolute atomic E-state index is 11.0. The van der Waals surface area contributed by atoms with E-state index in [1.54, 1.807) is 25.1 Å². The average molecular weight is 232 g/mol. The molecule has 88 valence electrons. The lowest BCUT2D eigenvalue weighted by Gasteiger charge is -2.02. The molecule has 0 heterocycles. The average Bonchev–Trinajstić information content (AvgIpc) is 2.36. The van der Waals surface area contributed by atoms with Crippen LogP contribution in [-0.2, 0) is 9.53 Å². The van der Waals surface area contributed by atoms with Crippen molar-refractivity contribution in [2.24, 2.45) is 0 Å². The number of esters is 1. The number of carbonyl (C=O) groups excluding carboxylic acids is 2. The summed E-state index contributed by atoms with van der Waals surface area (Å²) in [6.07, 6.45) is 0.696. The van der Waals surface area contributed by atoms with E-state index in [1.165, 1.54) is 7.11 Å². The first kappa shape index (κ1) is 12.8. The molecule has 0 unspecified atom stereocenters. The van der Waals surface area contributed by atoms with Crippen molar-refractivity contribution in [2.45, 2.75) is 6.92 Å². The van der Waals surface area contributed by atoms with E-state index in [0.717, 1.165) is 0 Å². The Kier molecular flexibility index (Phi) is 4.77. The summed E-state index contributed by atoms with van der Waals surface area (Å²) in [4.78, 5) is 21.7. The molecule has 0 spiro atoms. The van der Waals surface area contributed by atoms with Crippen LogP contribution in [-0.4, -0.2) is 26.0 Å². The lowest BCUT2D eigenvalue weighted by Crippen LogP contribution is -1.99. The molecule has 4 heteroatoms. The van der Waals surface area contributed by atoms with Crippen molar-refractivity contribution < 1.29 is 19.1 Å². The summed E-state index contributed by atoms with van der Waals surface area (Å²) in [6, 6.07) is 4.81. The van der Waals surface area contributed by atoms with E-state index in [0.29, 0.717) is 29.8 Å². The van der Waals surface area contributed by atoms with Crippen LogP contribution in [0.3, 0.4) is 0 Å². The smallest absolute Gasteiger partial charge is 0.384 e. The van der Waals surface area contributed by atoms with Gasteiger partial charge in [-0.25, -0.2) is 4.79 Å². The fourth-order valence-corrected chi connectivity index (χ4v) is 1.18. The predicted octanol–water partition coefficient (Wildman–Crippen LogP) is 1.42. The van der Waals surface area contributed by atoms with E-state index >= 15 is 0 Å². The summed E-state index contributed by atoms with van der Waals surface area (Å²) in [6.45, 7) is 2.00. The van der Waals surface area contributed by atoms with Crippen LogP contribution in [0.2, 0.25) is 0 Å². The maximum atomic E-state index is 11.0. The van der Waals surface area contributed by atoms with Crippen molar-refractivity contribution in [3.63, 3.8) is 0 Å². The van der Waals surface area contributed by atoms with Crippen molar-refractivity contribution in [3.8, 4) is 17.6 Å². The molecule has 1 rings (SSSR count). The van der Waals surface area contributed by atoms with Gasteiger partial charge < -0.3 is 9.47 Å². The number of carbonyl (C=O) groups is 2. The van der Waals surface area contributed by atoms with E-state index in [9.17, 15) is 9.59 Å². The van der Waals surface area contributed by atoms with Crippen LogP contribution < -0.4 is 4.74 Å². The molecule has 0 bridgehead atoms. The van der Waals surface area contributed by atoms with Crippen molar-refractivity contribution in [1.29, 1.82) is 0 Å². The van der Waals surface area contributed by atoms with Gasteiger partial charge in [0.15, 0.2) is 6.29 Å². The first-order chi connectivity index (χ1) is 8.21. The van der Waals surface area contributed by atoms with Gasteiger partial charge in [0.1, 0.15) is 5.75 Å². The van der Waals surface area contributed by atoms with Gasteiger partial charge in [-0.05, 0) is 25.1 Å². The van der Waals surface area contributed by atoms with Crippen molar-refractivity contribution in [2.75, 3.05) is 13.7 Å². The number of benzene rings is 1. The summed E-state index contributed by atoms with van der Waals surface area (Å²) < 4.78 is 9.68. The summed E-state index contributed by atoms with van der Waals surface area (Å²) in [5, 5.41) is 0. The zero-order valence-electron chi connectivity index (χ0n) is 9.65. The highest BCUT2D eigenvalue weighted by Crippen LogP contribution is 2.17. The third kappa shape index (κ3) is 3.65. The van der Waals surface area contributed by atoms with Crippen LogP contribution in [0.25, 0.3) is 0 Å². The van der Waals surface area contributed by atoms with Crippen molar-refractivity contribution in [3.05, 3.63) is 29.3 Å². The molecular weight excluding hydrogens is 220 g/mol. The Hall–Kier alpha value is -2.28. The molecule has 0 saturated heterocycles. The molecule has 0 aliphatic rings. The van der Waals surface area contributed by atoms with Gasteiger partial charge in [0.05, 0.1) is 19.3 Å². The second-order valence-electron chi connectivity index (χ2n) is 3.05. The lowest BCUT2D eigenvalue weighted by atomic mass is 10.1. The standard InChI is InChI=1S/C13H12O4/c1-3-17-13(15)7-5-10-4-6-11(9-14)12(8-10)16-2/h4,6,8-9H,3H2,1-2H3. The van der Waals surface area contributed by atoms with E-state index in [4.69, 9.17) is 4.74 Å². The fraction of sp³-hybridized carbons (Fsp3) is 0.231. The van der Waals surface area contributed by atoms with E-state index < -0.39 is 5.97 Å². The molecule has 0 radical (unpaired) electrons. The van der Waals surface area contributed by atoms with E-state index in [2.05, 4.69) is 16.6 Å². The Bertz CT molecular complexity index is 480. The Morgan fingerprint density at radius 1 is 1.47 bits per heavy atom. The van der Waals surface area contributed by atoms with Gasteiger partial charge >= 0.3 is 5.97 Å². The molecule has 0 aliphatic carbocycles. The van der Waals surface area contributed by atoms with Gasteiger partial charge in [0.2, 0.25) is 0 Å². The zero-order chi connectivity index (χ0) is 12.7. The Morgan fingerprint density at radius 2 is 2.24 bits per heavy atom. The molecule has 1 aromatic carbocycles. The van der Waals surface area contributed by atoms with Crippen LogP contribution >= 0.6 is 0 Å². The van der Waals surface area contributed by atoms with Crippen LogP contribution in [0.5, 0.6) is 5.75 Å². The molecule has 0 aliphatic heterocycles. The molecule has 0 aromatic heterocycles.